The molecule has 0 bridgehead atoms. The average molecular weight is 380 g/mol. The number of hydrogen-bond donors (Lipinski definition) is 1. The highest BCUT2D eigenvalue weighted by molar-refractivity contribution is 9.10. The van der Waals surface area contributed by atoms with E-state index in [1.807, 2.05) is 6.07 Å². The van der Waals surface area contributed by atoms with Gasteiger partial charge < -0.3 is 14.5 Å². The number of hydrogen-bond acceptors (Lipinski definition) is 4. The van der Waals surface area contributed by atoms with E-state index in [9.17, 15) is 9.59 Å². The van der Waals surface area contributed by atoms with E-state index in [-0.39, 0.29) is 0 Å². The maximum atomic E-state index is 12.3. The molecular weight excluding hydrogens is 362 g/mol. The lowest BCUT2D eigenvalue weighted by Gasteiger charge is -2.13. The molecule has 2 aromatic rings. The van der Waals surface area contributed by atoms with E-state index in [0.717, 1.165) is 10.0 Å². The Kier molecular flexibility index (Phi) is 5.26. The average Bonchev–Trinajstić information content (AvgIpc) is 2.71. The third-order valence-electron chi connectivity index (χ3n) is 3.51. The molecule has 1 N–H and O–H groups in total. The van der Waals surface area contributed by atoms with Crippen LogP contribution >= 0.6 is 15.9 Å². The second kappa shape index (κ2) is 7.00. The van der Waals surface area contributed by atoms with Crippen molar-refractivity contribution in [1.29, 1.82) is 0 Å². The molecule has 6 heteroatoms. The summed E-state index contributed by atoms with van der Waals surface area (Å²) in [5.74, 6) is 0.200. The van der Waals surface area contributed by atoms with Crippen LogP contribution < -0.4 is 5.32 Å². The minimum atomic E-state index is -0.921. The van der Waals surface area contributed by atoms with E-state index in [2.05, 4.69) is 21.2 Å². The maximum absolute atomic E-state index is 12.3. The second-order valence-electron chi connectivity index (χ2n) is 5.26. The number of furan rings is 1. The Balaban J connectivity index is 2.04. The Morgan fingerprint density at radius 3 is 2.48 bits per heavy atom. The van der Waals surface area contributed by atoms with Crippen LogP contribution in [0.3, 0.4) is 0 Å². The predicted octanol–water partition coefficient (Wildman–Crippen LogP) is 4.15. The van der Waals surface area contributed by atoms with Crippen molar-refractivity contribution in [3.8, 4) is 0 Å². The second-order valence-corrected chi connectivity index (χ2v) is 6.18. The van der Waals surface area contributed by atoms with Crippen molar-refractivity contribution in [3.05, 3.63) is 51.4 Å². The number of carbonyl (C=O) groups excluding carboxylic acids is 2. The normalized spacial score (nSPS) is 11.9. The zero-order valence-electron chi connectivity index (χ0n) is 13.4. The van der Waals surface area contributed by atoms with E-state index in [4.69, 9.17) is 9.15 Å². The van der Waals surface area contributed by atoms with Gasteiger partial charge in [0.15, 0.2) is 6.10 Å². The molecule has 0 fully saturated rings. The first-order valence-electron chi connectivity index (χ1n) is 7.13. The summed E-state index contributed by atoms with van der Waals surface area (Å²) in [7, 11) is 0. The van der Waals surface area contributed by atoms with Crippen LogP contribution in [0.4, 0.5) is 5.69 Å². The van der Waals surface area contributed by atoms with Crippen LogP contribution in [0.5, 0.6) is 0 Å². The van der Waals surface area contributed by atoms with Crippen LogP contribution in [0.15, 0.2) is 33.2 Å². The molecule has 1 atom stereocenters. The third-order valence-corrected chi connectivity index (χ3v) is 4.00. The largest absolute Gasteiger partial charge is 0.465 e. The highest BCUT2D eigenvalue weighted by atomic mass is 79.9. The number of benzene rings is 1. The molecular formula is C17H18BrNO4. The Morgan fingerprint density at radius 1 is 1.22 bits per heavy atom. The highest BCUT2D eigenvalue weighted by Gasteiger charge is 2.24. The molecule has 0 spiro atoms. The van der Waals surface area contributed by atoms with Crippen LogP contribution in [-0.2, 0) is 9.53 Å². The fourth-order valence-electron chi connectivity index (χ4n) is 2.18. The van der Waals surface area contributed by atoms with Gasteiger partial charge in [0.25, 0.3) is 5.91 Å². The monoisotopic (exact) mass is 379 g/mol. The molecule has 0 radical (unpaired) electrons. The van der Waals surface area contributed by atoms with Gasteiger partial charge in [0.2, 0.25) is 0 Å². The zero-order valence-corrected chi connectivity index (χ0v) is 15.0. The van der Waals surface area contributed by atoms with Crippen LogP contribution in [0.25, 0.3) is 0 Å². The van der Waals surface area contributed by atoms with Crippen molar-refractivity contribution >= 4 is 33.5 Å². The Labute approximate surface area is 143 Å². The lowest BCUT2D eigenvalue weighted by atomic mass is 10.1. The lowest BCUT2D eigenvalue weighted by Crippen LogP contribution is -2.30. The fraction of sp³-hybridized carbons (Fsp3) is 0.294. The minimum absolute atomic E-state index is 0.379. The third kappa shape index (κ3) is 4.01. The quantitative estimate of drug-likeness (QED) is 0.810. The maximum Gasteiger partial charge on any atom is 0.342 e. The van der Waals surface area contributed by atoms with Crippen molar-refractivity contribution in [1.82, 2.24) is 0 Å². The summed E-state index contributed by atoms with van der Waals surface area (Å²) < 4.78 is 11.5. The van der Waals surface area contributed by atoms with Crippen molar-refractivity contribution in [3.63, 3.8) is 0 Å². The minimum Gasteiger partial charge on any atom is -0.465 e. The first-order valence-corrected chi connectivity index (χ1v) is 7.93. The summed E-state index contributed by atoms with van der Waals surface area (Å²) in [5.41, 5.74) is 1.73. The van der Waals surface area contributed by atoms with Crippen molar-refractivity contribution in [2.75, 3.05) is 5.32 Å². The van der Waals surface area contributed by atoms with Gasteiger partial charge in [-0.25, -0.2) is 4.79 Å². The van der Waals surface area contributed by atoms with Gasteiger partial charge in [-0.15, -0.1) is 0 Å². The number of amides is 1. The van der Waals surface area contributed by atoms with Gasteiger partial charge in [-0.1, -0.05) is 22.0 Å². The molecule has 122 valence electrons. The van der Waals surface area contributed by atoms with Crippen molar-refractivity contribution in [2.45, 2.75) is 33.8 Å². The number of carbonyl (C=O) groups is 2. The molecule has 0 aliphatic rings. The molecule has 5 nitrogen and oxygen atoms in total. The van der Waals surface area contributed by atoms with Crippen LogP contribution in [0.1, 0.15) is 34.4 Å². The van der Waals surface area contributed by atoms with E-state index in [1.54, 1.807) is 39.0 Å². The number of rotatable bonds is 4. The number of esters is 1. The SMILES string of the molecule is Cc1oc(C)c(C(=O)O[C@@H](C)C(=O)Nc2cccc(Br)c2)c1C. The summed E-state index contributed by atoms with van der Waals surface area (Å²) in [6.07, 6.45) is -0.921. The molecule has 1 aromatic heterocycles. The van der Waals surface area contributed by atoms with E-state index in [0.29, 0.717) is 22.8 Å². The molecule has 23 heavy (non-hydrogen) atoms. The number of nitrogens with one attached hydrogen (secondary N) is 1. The number of ether oxygens (including phenoxy) is 1. The van der Waals surface area contributed by atoms with E-state index in [1.165, 1.54) is 6.92 Å². The Hall–Kier alpha value is -2.08. The van der Waals surface area contributed by atoms with Crippen LogP contribution in [0, 0.1) is 20.8 Å². The lowest BCUT2D eigenvalue weighted by molar-refractivity contribution is -0.123. The summed E-state index contributed by atoms with van der Waals surface area (Å²) in [6.45, 7) is 6.79. The number of halogens is 1. The first kappa shape index (κ1) is 17.3. The van der Waals surface area contributed by atoms with Crippen molar-refractivity contribution < 1.29 is 18.7 Å². The molecule has 1 aromatic carbocycles. The highest BCUT2D eigenvalue weighted by Crippen LogP contribution is 2.22. The van der Waals surface area contributed by atoms with Crippen molar-refractivity contribution in [2.24, 2.45) is 0 Å². The molecule has 0 aliphatic heterocycles. The van der Waals surface area contributed by atoms with Gasteiger partial charge in [0, 0.05) is 15.7 Å². The summed E-state index contributed by atoms with van der Waals surface area (Å²) >= 11 is 3.33. The molecule has 2 rings (SSSR count). The Bertz CT molecular complexity index is 751. The molecule has 1 heterocycles. The predicted molar refractivity (Wildman–Crippen MR) is 90.6 cm³/mol. The number of anilines is 1. The molecule has 1 amide bonds. The van der Waals surface area contributed by atoms with Gasteiger partial charge in [-0.05, 0) is 45.9 Å². The molecule has 0 saturated carbocycles. The smallest absolute Gasteiger partial charge is 0.342 e. The van der Waals surface area contributed by atoms with E-state index < -0.39 is 18.0 Å². The van der Waals surface area contributed by atoms with E-state index >= 15 is 0 Å². The number of aryl methyl sites for hydroxylation is 2. The first-order chi connectivity index (χ1) is 10.8. The standard InChI is InChI=1S/C17H18BrNO4/c1-9-10(2)22-11(3)15(9)17(21)23-12(4)16(20)19-14-7-5-6-13(18)8-14/h5-8,12H,1-4H3,(H,19,20)/t12-/m0/s1. The summed E-state index contributed by atoms with van der Waals surface area (Å²) in [4.78, 5) is 24.4. The Morgan fingerprint density at radius 2 is 1.91 bits per heavy atom. The zero-order chi connectivity index (χ0) is 17.1. The topological polar surface area (TPSA) is 68.5 Å². The summed E-state index contributed by atoms with van der Waals surface area (Å²) in [6, 6.07) is 7.17. The van der Waals surface area contributed by atoms with Gasteiger partial charge in [-0.2, -0.15) is 0 Å². The molecule has 0 aliphatic carbocycles. The van der Waals surface area contributed by atoms with Gasteiger partial charge in [0.05, 0.1) is 0 Å². The van der Waals surface area contributed by atoms with Crippen LogP contribution in [-0.4, -0.2) is 18.0 Å². The van der Waals surface area contributed by atoms with Gasteiger partial charge in [-0.3, -0.25) is 4.79 Å². The van der Waals surface area contributed by atoms with Gasteiger partial charge in [0.1, 0.15) is 17.1 Å². The van der Waals surface area contributed by atoms with Gasteiger partial charge >= 0.3 is 5.97 Å². The molecule has 0 unspecified atom stereocenters. The molecule has 0 saturated heterocycles. The van der Waals surface area contributed by atoms with Crippen LogP contribution in [0.2, 0.25) is 0 Å². The fourth-order valence-corrected chi connectivity index (χ4v) is 2.58. The summed E-state index contributed by atoms with van der Waals surface area (Å²) in [5, 5.41) is 2.70.